The Bertz CT molecular complexity index is 1380. The third-order valence-corrected chi connectivity index (χ3v) is 7.92. The Kier molecular flexibility index (Phi) is 4.94. The predicted molar refractivity (Wildman–Crippen MR) is 131 cm³/mol. The summed E-state index contributed by atoms with van der Waals surface area (Å²) in [7, 11) is 3.65. The molecule has 0 saturated heterocycles. The second-order valence-corrected chi connectivity index (χ2v) is 9.67. The van der Waals surface area contributed by atoms with E-state index in [2.05, 4.69) is 34.1 Å². The smallest absolute Gasteiger partial charge is 0.297 e. The summed E-state index contributed by atoms with van der Waals surface area (Å²) in [5.74, 6) is 2.18. The summed E-state index contributed by atoms with van der Waals surface area (Å²) in [6.45, 7) is 0. The van der Waals surface area contributed by atoms with Gasteiger partial charge in [0.15, 0.2) is 11.3 Å². The van der Waals surface area contributed by atoms with Crippen LogP contribution in [0.3, 0.4) is 0 Å². The largest absolute Gasteiger partial charge is 0.501 e. The molecule has 4 unspecified atom stereocenters. The third-order valence-electron chi connectivity index (χ3n) is 7.92. The first kappa shape index (κ1) is 21.0. The van der Waals surface area contributed by atoms with Crippen molar-refractivity contribution in [3.8, 4) is 17.3 Å². The summed E-state index contributed by atoms with van der Waals surface area (Å²) in [6.07, 6.45) is 5.03. The van der Waals surface area contributed by atoms with Crippen molar-refractivity contribution in [1.82, 2.24) is 14.5 Å². The lowest BCUT2D eigenvalue weighted by Crippen LogP contribution is -2.39. The van der Waals surface area contributed by atoms with Crippen molar-refractivity contribution in [2.75, 3.05) is 11.9 Å². The van der Waals surface area contributed by atoms with Crippen LogP contribution in [0.2, 0.25) is 0 Å². The first-order chi connectivity index (χ1) is 16.5. The number of aromatic hydroxyl groups is 1. The molecule has 2 aliphatic carbocycles. The van der Waals surface area contributed by atoms with Gasteiger partial charge in [-0.05, 0) is 61.1 Å². The Balaban J connectivity index is 1.47. The number of hydrogen-bond donors (Lipinski definition) is 1. The average Bonchev–Trinajstić information content (AvgIpc) is 3.38. The van der Waals surface area contributed by atoms with Crippen molar-refractivity contribution in [3.05, 3.63) is 70.5 Å². The standard InChI is InChI=1S/C27H28N4O3/c1-30(23(17-8-4-3-5-9-17)19-15-13-16-12-14-18(16)19)27-29-22(24(32)26(33)31(27)2)25-28-20-10-6-7-11-21(20)34-25/h3-11,16,18-19,23,32H,12-15H2,1-2H3. The van der Waals surface area contributed by atoms with Gasteiger partial charge in [0.05, 0.1) is 6.04 Å². The molecule has 0 aliphatic heterocycles. The van der Waals surface area contributed by atoms with Gasteiger partial charge >= 0.3 is 0 Å². The number of hydrogen-bond acceptors (Lipinski definition) is 6. The molecule has 0 spiro atoms. The Morgan fingerprint density at radius 3 is 2.47 bits per heavy atom. The van der Waals surface area contributed by atoms with Crippen molar-refractivity contribution in [3.63, 3.8) is 0 Å². The maximum Gasteiger partial charge on any atom is 0.297 e. The molecule has 2 saturated carbocycles. The van der Waals surface area contributed by atoms with Gasteiger partial charge in [-0.15, -0.1) is 0 Å². The highest BCUT2D eigenvalue weighted by atomic mass is 16.4. The van der Waals surface area contributed by atoms with Crippen molar-refractivity contribution in [2.45, 2.75) is 31.7 Å². The molecule has 4 atom stereocenters. The van der Waals surface area contributed by atoms with E-state index in [1.54, 1.807) is 13.1 Å². The van der Waals surface area contributed by atoms with Crippen LogP contribution in [0, 0.1) is 17.8 Å². The SMILES string of the molecule is CN(c1nc(-c2nc3ccccc3o2)c(O)c(=O)n1C)C(c1ccccc1)C1CCC2CCC21. The fourth-order valence-corrected chi connectivity index (χ4v) is 6.08. The molecule has 0 amide bonds. The summed E-state index contributed by atoms with van der Waals surface area (Å²) >= 11 is 0. The first-order valence-electron chi connectivity index (χ1n) is 12.0. The van der Waals surface area contributed by atoms with Crippen molar-refractivity contribution in [2.24, 2.45) is 24.8 Å². The molecule has 1 N–H and O–H groups in total. The second kappa shape index (κ2) is 8.01. The van der Waals surface area contributed by atoms with E-state index in [1.165, 1.54) is 35.8 Å². The fraction of sp³-hybridized carbons (Fsp3) is 0.370. The highest BCUT2D eigenvalue weighted by molar-refractivity contribution is 5.76. The van der Waals surface area contributed by atoms with E-state index >= 15 is 0 Å². The lowest BCUT2D eigenvalue weighted by Gasteiger charge is -2.42. The van der Waals surface area contributed by atoms with Gasteiger partial charge in [0, 0.05) is 14.1 Å². The fourth-order valence-electron chi connectivity index (χ4n) is 6.08. The summed E-state index contributed by atoms with van der Waals surface area (Å²) in [5, 5.41) is 10.7. The number of rotatable bonds is 5. The summed E-state index contributed by atoms with van der Waals surface area (Å²) in [5.41, 5.74) is 2.00. The molecule has 7 heteroatoms. The topological polar surface area (TPSA) is 84.4 Å². The molecule has 4 aromatic rings. The summed E-state index contributed by atoms with van der Waals surface area (Å²) in [6, 6.07) is 17.9. The molecule has 0 bridgehead atoms. The van der Waals surface area contributed by atoms with Crippen LogP contribution in [0.5, 0.6) is 5.75 Å². The van der Waals surface area contributed by atoms with E-state index in [0.717, 1.165) is 5.92 Å². The van der Waals surface area contributed by atoms with Crippen molar-refractivity contribution in [1.29, 1.82) is 0 Å². The molecule has 2 fully saturated rings. The summed E-state index contributed by atoms with van der Waals surface area (Å²) < 4.78 is 7.27. The van der Waals surface area contributed by atoms with Crippen molar-refractivity contribution < 1.29 is 9.52 Å². The Morgan fingerprint density at radius 1 is 1.03 bits per heavy atom. The number of benzene rings is 2. The molecule has 2 aromatic carbocycles. The predicted octanol–water partition coefficient (Wildman–Crippen LogP) is 4.91. The molecule has 6 rings (SSSR count). The number of aromatic nitrogens is 3. The average molecular weight is 457 g/mol. The zero-order chi connectivity index (χ0) is 23.4. The van der Waals surface area contributed by atoms with Crippen LogP contribution < -0.4 is 10.5 Å². The van der Waals surface area contributed by atoms with E-state index in [1.807, 2.05) is 31.3 Å². The molecule has 0 radical (unpaired) electrons. The van der Waals surface area contributed by atoms with E-state index in [0.29, 0.717) is 28.9 Å². The number of nitrogens with zero attached hydrogens (tertiary/aromatic N) is 4. The molecule has 2 aromatic heterocycles. The Labute approximate surface area is 197 Å². The second-order valence-electron chi connectivity index (χ2n) is 9.67. The number of oxazole rings is 1. The Morgan fingerprint density at radius 2 is 1.76 bits per heavy atom. The van der Waals surface area contributed by atoms with Crippen LogP contribution in [0.25, 0.3) is 22.7 Å². The Hall–Kier alpha value is -3.61. The highest BCUT2D eigenvalue weighted by Crippen LogP contribution is 2.55. The van der Waals surface area contributed by atoms with Gasteiger partial charge in [-0.1, -0.05) is 42.5 Å². The van der Waals surface area contributed by atoms with E-state index in [4.69, 9.17) is 9.40 Å². The van der Waals surface area contributed by atoms with Crippen LogP contribution in [-0.2, 0) is 7.05 Å². The lowest BCUT2D eigenvalue weighted by atomic mass is 9.70. The van der Waals surface area contributed by atoms with Crippen molar-refractivity contribution >= 4 is 17.0 Å². The number of para-hydroxylation sites is 2. The highest BCUT2D eigenvalue weighted by Gasteiger charge is 2.47. The van der Waals surface area contributed by atoms with E-state index in [9.17, 15) is 9.90 Å². The molecular formula is C27H28N4O3. The first-order valence-corrected chi connectivity index (χ1v) is 12.0. The third kappa shape index (κ3) is 3.22. The molecule has 7 nitrogen and oxygen atoms in total. The molecular weight excluding hydrogens is 428 g/mol. The molecule has 34 heavy (non-hydrogen) atoms. The van der Waals surface area contributed by atoms with Crippen LogP contribution in [-0.4, -0.2) is 26.7 Å². The van der Waals surface area contributed by atoms with Gasteiger partial charge in [0.1, 0.15) is 5.52 Å². The van der Waals surface area contributed by atoms with Crippen LogP contribution in [0.1, 0.15) is 37.3 Å². The van der Waals surface area contributed by atoms with Gasteiger partial charge in [0.2, 0.25) is 11.7 Å². The van der Waals surface area contributed by atoms with Gasteiger partial charge < -0.3 is 14.4 Å². The van der Waals surface area contributed by atoms with Gasteiger partial charge in [0.25, 0.3) is 11.4 Å². The number of anilines is 1. The molecule has 2 aliphatic rings. The maximum absolute atomic E-state index is 13.1. The minimum Gasteiger partial charge on any atom is -0.501 e. The van der Waals surface area contributed by atoms with Crippen LogP contribution in [0.4, 0.5) is 5.95 Å². The zero-order valence-electron chi connectivity index (χ0n) is 19.4. The van der Waals surface area contributed by atoms with E-state index in [-0.39, 0.29) is 17.6 Å². The van der Waals surface area contributed by atoms with Crippen LogP contribution >= 0.6 is 0 Å². The van der Waals surface area contributed by atoms with E-state index < -0.39 is 11.3 Å². The van der Waals surface area contributed by atoms with Crippen LogP contribution in [0.15, 0.2) is 63.8 Å². The number of fused-ring (bicyclic) bond motifs is 2. The monoisotopic (exact) mass is 456 g/mol. The van der Waals surface area contributed by atoms with Gasteiger partial charge in [-0.3, -0.25) is 9.36 Å². The summed E-state index contributed by atoms with van der Waals surface area (Å²) in [4.78, 5) is 24.4. The quantitative estimate of drug-likeness (QED) is 0.459. The minimum atomic E-state index is -0.520. The normalized spacial score (nSPS) is 22.4. The van der Waals surface area contributed by atoms with Gasteiger partial charge in [-0.25, -0.2) is 9.97 Å². The lowest BCUT2D eigenvalue weighted by molar-refractivity contribution is 0.153. The minimum absolute atomic E-state index is 0.0703. The molecule has 2 heterocycles. The van der Waals surface area contributed by atoms with Gasteiger partial charge in [-0.2, -0.15) is 0 Å². The zero-order valence-corrected chi connectivity index (χ0v) is 19.4. The molecule has 174 valence electrons. The maximum atomic E-state index is 13.1.